The number of rotatable bonds is 5. The van der Waals surface area contributed by atoms with Crippen LogP contribution in [-0.2, 0) is 9.59 Å². The molecule has 2 rings (SSSR count). The van der Waals surface area contributed by atoms with Crippen LogP contribution >= 0.6 is 23.4 Å². The van der Waals surface area contributed by atoms with Crippen LogP contribution in [0.3, 0.4) is 0 Å². The number of amides is 2. The summed E-state index contributed by atoms with van der Waals surface area (Å²) in [7, 11) is 0. The molecule has 5 nitrogen and oxygen atoms in total. The van der Waals surface area contributed by atoms with Gasteiger partial charge in [-0.05, 0) is 38.1 Å². The molecule has 1 aliphatic heterocycles. The fourth-order valence-corrected chi connectivity index (χ4v) is 3.49. The Kier molecular flexibility index (Phi) is 5.85. The standard InChI is InChI=1S/C15H18ClN3O2S/c1-3-17-15-19(4-2)14(21)12(22-15)9-13(20)18-11-7-5-10(16)6-8-11/h5-8,12H,3-4,9H2,1-2H3,(H,18,20)/t12-/m0/s1. The van der Waals surface area contributed by atoms with Crippen LogP contribution in [0.2, 0.25) is 5.02 Å². The van der Waals surface area contributed by atoms with Crippen molar-refractivity contribution in [3.05, 3.63) is 29.3 Å². The van der Waals surface area contributed by atoms with Gasteiger partial charge in [-0.2, -0.15) is 0 Å². The van der Waals surface area contributed by atoms with E-state index in [1.54, 1.807) is 29.2 Å². The molecule has 7 heteroatoms. The van der Waals surface area contributed by atoms with Crippen molar-refractivity contribution in [2.24, 2.45) is 4.99 Å². The Morgan fingerprint density at radius 1 is 1.36 bits per heavy atom. The Balaban J connectivity index is 1.98. The maximum Gasteiger partial charge on any atom is 0.242 e. The number of aliphatic imine (C=N–C) groups is 1. The van der Waals surface area contributed by atoms with Gasteiger partial charge in [-0.25, -0.2) is 0 Å². The van der Waals surface area contributed by atoms with Gasteiger partial charge in [0.15, 0.2) is 5.17 Å². The Morgan fingerprint density at radius 2 is 2.05 bits per heavy atom. The lowest BCUT2D eigenvalue weighted by Gasteiger charge is -2.13. The normalized spacial score (nSPS) is 19.8. The maximum absolute atomic E-state index is 12.3. The Morgan fingerprint density at radius 3 is 2.64 bits per heavy atom. The molecule has 118 valence electrons. The van der Waals surface area contributed by atoms with Gasteiger partial charge in [-0.1, -0.05) is 23.4 Å². The molecule has 0 aromatic heterocycles. The molecule has 2 amide bonds. The van der Waals surface area contributed by atoms with E-state index in [1.165, 1.54) is 11.8 Å². The molecule has 0 radical (unpaired) electrons. The summed E-state index contributed by atoms with van der Waals surface area (Å²) in [6, 6.07) is 6.87. The number of hydrogen-bond acceptors (Lipinski definition) is 4. The average Bonchev–Trinajstić information content (AvgIpc) is 2.77. The fraction of sp³-hybridized carbons (Fsp3) is 0.400. The van der Waals surface area contributed by atoms with Crippen LogP contribution < -0.4 is 5.32 Å². The van der Waals surface area contributed by atoms with Crippen LogP contribution in [0.25, 0.3) is 0 Å². The number of carbonyl (C=O) groups excluding carboxylic acids is 2. The molecule has 0 spiro atoms. The Labute approximate surface area is 139 Å². The molecule has 1 aromatic rings. The van der Waals surface area contributed by atoms with Crippen molar-refractivity contribution in [2.45, 2.75) is 25.5 Å². The second kappa shape index (κ2) is 7.65. The van der Waals surface area contributed by atoms with Gasteiger partial charge in [0, 0.05) is 30.2 Å². The van der Waals surface area contributed by atoms with Gasteiger partial charge < -0.3 is 5.32 Å². The van der Waals surface area contributed by atoms with Crippen LogP contribution in [0, 0.1) is 0 Å². The molecule has 0 aliphatic carbocycles. The highest BCUT2D eigenvalue weighted by molar-refractivity contribution is 8.15. The van der Waals surface area contributed by atoms with E-state index in [2.05, 4.69) is 10.3 Å². The van der Waals surface area contributed by atoms with E-state index in [1.807, 2.05) is 13.8 Å². The topological polar surface area (TPSA) is 61.8 Å². The molecular weight excluding hydrogens is 322 g/mol. The maximum atomic E-state index is 12.3. The molecule has 1 aromatic carbocycles. The largest absolute Gasteiger partial charge is 0.326 e. The lowest BCUT2D eigenvalue weighted by molar-refractivity contribution is -0.128. The van der Waals surface area contributed by atoms with Gasteiger partial charge in [-0.15, -0.1) is 0 Å². The van der Waals surface area contributed by atoms with E-state index >= 15 is 0 Å². The Hall–Kier alpha value is -1.53. The van der Waals surface area contributed by atoms with Gasteiger partial charge in [0.05, 0.1) is 0 Å². The highest BCUT2D eigenvalue weighted by Crippen LogP contribution is 2.29. The summed E-state index contributed by atoms with van der Waals surface area (Å²) in [5.74, 6) is -0.243. The zero-order chi connectivity index (χ0) is 16.1. The molecule has 0 saturated carbocycles. The summed E-state index contributed by atoms with van der Waals surface area (Å²) in [6.45, 7) is 5.02. The zero-order valence-electron chi connectivity index (χ0n) is 12.5. The third-order valence-electron chi connectivity index (χ3n) is 3.13. The van der Waals surface area contributed by atoms with Crippen molar-refractivity contribution in [2.75, 3.05) is 18.4 Å². The van der Waals surface area contributed by atoms with E-state index < -0.39 is 5.25 Å². The lowest BCUT2D eigenvalue weighted by atomic mass is 10.2. The summed E-state index contributed by atoms with van der Waals surface area (Å²) in [5, 5.41) is 3.69. The van der Waals surface area contributed by atoms with Crippen LogP contribution in [0.1, 0.15) is 20.3 Å². The summed E-state index contributed by atoms with van der Waals surface area (Å²) >= 11 is 7.16. The van der Waals surface area contributed by atoms with Gasteiger partial charge in [-0.3, -0.25) is 19.5 Å². The number of amidine groups is 1. The minimum absolute atomic E-state index is 0.0500. The molecule has 1 atom stereocenters. The number of benzene rings is 1. The first-order chi connectivity index (χ1) is 10.5. The number of nitrogens with zero attached hydrogens (tertiary/aromatic N) is 2. The van der Waals surface area contributed by atoms with Crippen LogP contribution in [0.4, 0.5) is 5.69 Å². The van der Waals surface area contributed by atoms with Crippen molar-refractivity contribution in [3.63, 3.8) is 0 Å². The number of halogens is 1. The highest BCUT2D eigenvalue weighted by Gasteiger charge is 2.37. The zero-order valence-corrected chi connectivity index (χ0v) is 14.1. The molecule has 1 aliphatic rings. The lowest BCUT2D eigenvalue weighted by Crippen LogP contribution is -2.33. The van der Waals surface area contributed by atoms with E-state index in [4.69, 9.17) is 11.6 Å². The molecule has 1 saturated heterocycles. The molecule has 1 heterocycles. The second-order valence-corrected chi connectivity index (χ2v) is 6.31. The van der Waals surface area contributed by atoms with Gasteiger partial charge >= 0.3 is 0 Å². The van der Waals surface area contributed by atoms with E-state index in [0.717, 1.165) is 0 Å². The molecule has 1 N–H and O–H groups in total. The summed E-state index contributed by atoms with van der Waals surface area (Å²) in [4.78, 5) is 30.3. The third kappa shape index (κ3) is 4.01. The monoisotopic (exact) mass is 339 g/mol. The summed E-state index contributed by atoms with van der Waals surface area (Å²) < 4.78 is 0. The van der Waals surface area contributed by atoms with Crippen molar-refractivity contribution in [1.29, 1.82) is 0 Å². The minimum Gasteiger partial charge on any atom is -0.326 e. The molecular formula is C15H18ClN3O2S. The van der Waals surface area contributed by atoms with Gasteiger partial charge in [0.2, 0.25) is 11.8 Å². The molecule has 1 fully saturated rings. The van der Waals surface area contributed by atoms with Crippen LogP contribution in [0.5, 0.6) is 0 Å². The average molecular weight is 340 g/mol. The predicted octanol–water partition coefficient (Wildman–Crippen LogP) is 3.01. The van der Waals surface area contributed by atoms with Gasteiger partial charge in [0.1, 0.15) is 5.25 Å². The number of anilines is 1. The first-order valence-corrected chi connectivity index (χ1v) is 8.38. The predicted molar refractivity (Wildman–Crippen MR) is 91.4 cm³/mol. The summed E-state index contributed by atoms with van der Waals surface area (Å²) in [6.07, 6.45) is 0.130. The van der Waals surface area contributed by atoms with E-state index in [9.17, 15) is 9.59 Å². The molecule has 0 bridgehead atoms. The Bertz CT molecular complexity index is 589. The number of carbonyl (C=O) groups is 2. The van der Waals surface area contributed by atoms with Crippen LogP contribution in [-0.4, -0.2) is 40.2 Å². The molecule has 22 heavy (non-hydrogen) atoms. The van der Waals surface area contributed by atoms with Gasteiger partial charge in [0.25, 0.3) is 0 Å². The van der Waals surface area contributed by atoms with Crippen molar-refractivity contribution >= 4 is 46.0 Å². The first kappa shape index (κ1) is 16.8. The minimum atomic E-state index is -0.405. The van der Waals surface area contributed by atoms with Crippen molar-refractivity contribution < 1.29 is 9.59 Å². The van der Waals surface area contributed by atoms with Crippen molar-refractivity contribution in [1.82, 2.24) is 4.90 Å². The summed E-state index contributed by atoms with van der Waals surface area (Å²) in [5.41, 5.74) is 0.666. The second-order valence-electron chi connectivity index (χ2n) is 4.71. The number of nitrogens with one attached hydrogen (secondary N) is 1. The van der Waals surface area contributed by atoms with Crippen LogP contribution in [0.15, 0.2) is 29.3 Å². The van der Waals surface area contributed by atoms with Crippen molar-refractivity contribution in [3.8, 4) is 0 Å². The first-order valence-electron chi connectivity index (χ1n) is 7.13. The van der Waals surface area contributed by atoms with E-state index in [0.29, 0.717) is 29.0 Å². The number of thioether (sulfide) groups is 1. The molecule has 0 unspecified atom stereocenters. The SMILES string of the molecule is CCN=C1S[C@@H](CC(=O)Nc2ccc(Cl)cc2)C(=O)N1CC. The smallest absolute Gasteiger partial charge is 0.242 e. The number of hydrogen-bond donors (Lipinski definition) is 1. The fourth-order valence-electron chi connectivity index (χ4n) is 2.10. The third-order valence-corrected chi connectivity index (χ3v) is 4.59. The quantitative estimate of drug-likeness (QED) is 0.897. The van der Waals surface area contributed by atoms with E-state index in [-0.39, 0.29) is 18.2 Å². The highest BCUT2D eigenvalue weighted by atomic mass is 35.5.